The highest BCUT2D eigenvalue weighted by molar-refractivity contribution is 5.81. The zero-order valence-electron chi connectivity index (χ0n) is 10.1. The van der Waals surface area contributed by atoms with Gasteiger partial charge in [0.15, 0.2) is 0 Å². The second-order valence-electron chi connectivity index (χ2n) is 4.69. The Morgan fingerprint density at radius 2 is 2.24 bits per heavy atom. The fourth-order valence-corrected chi connectivity index (χ4v) is 2.40. The predicted octanol–water partition coefficient (Wildman–Crippen LogP) is 2.03. The van der Waals surface area contributed by atoms with Crippen molar-refractivity contribution in [2.75, 3.05) is 24.5 Å². The van der Waals surface area contributed by atoms with Gasteiger partial charge in [-0.25, -0.2) is 0 Å². The smallest absolute Gasteiger partial charge is 0.0703 e. The van der Waals surface area contributed by atoms with E-state index in [1.807, 2.05) is 12.3 Å². The second-order valence-corrected chi connectivity index (χ2v) is 4.69. The van der Waals surface area contributed by atoms with Gasteiger partial charge < -0.3 is 10.2 Å². The maximum Gasteiger partial charge on any atom is 0.0703 e. The van der Waals surface area contributed by atoms with E-state index >= 15 is 0 Å². The molecule has 2 aromatic rings. The molecule has 0 saturated carbocycles. The van der Waals surface area contributed by atoms with Gasteiger partial charge in [-0.05, 0) is 19.1 Å². The van der Waals surface area contributed by atoms with Gasteiger partial charge >= 0.3 is 0 Å². The van der Waals surface area contributed by atoms with Gasteiger partial charge in [0, 0.05) is 31.1 Å². The first-order valence-electron chi connectivity index (χ1n) is 6.16. The highest BCUT2D eigenvalue weighted by Crippen LogP contribution is 2.20. The lowest BCUT2D eigenvalue weighted by Gasteiger charge is -2.33. The molecule has 88 valence electrons. The molecule has 1 fully saturated rings. The second kappa shape index (κ2) is 4.34. The van der Waals surface area contributed by atoms with Crippen LogP contribution in [0.2, 0.25) is 0 Å². The molecule has 0 spiro atoms. The molecule has 1 atom stereocenters. The molecule has 1 aliphatic heterocycles. The summed E-state index contributed by atoms with van der Waals surface area (Å²) < 4.78 is 0. The van der Waals surface area contributed by atoms with E-state index in [1.165, 1.54) is 11.1 Å². The summed E-state index contributed by atoms with van der Waals surface area (Å²) in [5.74, 6) is 0. The maximum atomic E-state index is 4.52. The summed E-state index contributed by atoms with van der Waals surface area (Å²) in [6.07, 6.45) is 1.99. The van der Waals surface area contributed by atoms with Crippen molar-refractivity contribution in [1.82, 2.24) is 10.3 Å². The molecule has 1 N–H and O–H groups in total. The number of piperazine rings is 1. The Hall–Kier alpha value is -1.61. The number of hydrogen-bond acceptors (Lipinski definition) is 3. The quantitative estimate of drug-likeness (QED) is 0.808. The number of rotatable bonds is 1. The number of anilines is 1. The highest BCUT2D eigenvalue weighted by atomic mass is 15.2. The number of benzene rings is 1. The van der Waals surface area contributed by atoms with Crippen LogP contribution in [0.5, 0.6) is 0 Å². The summed E-state index contributed by atoms with van der Waals surface area (Å²) in [5, 5.41) is 4.68. The number of nitrogens with one attached hydrogen (secondary N) is 1. The van der Waals surface area contributed by atoms with E-state index in [2.05, 4.69) is 46.4 Å². The molecule has 1 aliphatic rings. The topological polar surface area (TPSA) is 28.2 Å². The van der Waals surface area contributed by atoms with Crippen molar-refractivity contribution >= 4 is 16.6 Å². The van der Waals surface area contributed by atoms with Gasteiger partial charge in [0.25, 0.3) is 0 Å². The van der Waals surface area contributed by atoms with Crippen LogP contribution in [-0.4, -0.2) is 30.7 Å². The number of aromatic nitrogens is 1. The number of fused-ring (bicyclic) bond motifs is 1. The Bertz CT molecular complexity index is 524. The minimum Gasteiger partial charge on any atom is -0.367 e. The lowest BCUT2D eigenvalue weighted by molar-refractivity contribution is 0.484. The van der Waals surface area contributed by atoms with Gasteiger partial charge in [0.05, 0.1) is 17.4 Å². The van der Waals surface area contributed by atoms with Crippen molar-refractivity contribution in [3.63, 3.8) is 0 Å². The highest BCUT2D eigenvalue weighted by Gasteiger charge is 2.16. The first kappa shape index (κ1) is 10.5. The summed E-state index contributed by atoms with van der Waals surface area (Å²) in [6.45, 7) is 5.39. The van der Waals surface area contributed by atoms with Gasteiger partial charge in [0.2, 0.25) is 0 Å². The molecular weight excluding hydrogens is 210 g/mol. The van der Waals surface area contributed by atoms with Crippen LogP contribution in [0.25, 0.3) is 10.9 Å². The summed E-state index contributed by atoms with van der Waals surface area (Å²) >= 11 is 0. The van der Waals surface area contributed by atoms with Crippen molar-refractivity contribution in [2.24, 2.45) is 0 Å². The first-order valence-corrected chi connectivity index (χ1v) is 6.16. The van der Waals surface area contributed by atoms with E-state index in [-0.39, 0.29) is 0 Å². The van der Waals surface area contributed by atoms with Crippen LogP contribution >= 0.6 is 0 Å². The zero-order valence-corrected chi connectivity index (χ0v) is 10.1. The van der Waals surface area contributed by atoms with Crippen LogP contribution in [-0.2, 0) is 0 Å². The summed E-state index contributed by atoms with van der Waals surface area (Å²) in [5.41, 5.74) is 2.30. The molecule has 3 rings (SSSR count). The van der Waals surface area contributed by atoms with E-state index in [1.54, 1.807) is 0 Å². The van der Waals surface area contributed by atoms with Crippen molar-refractivity contribution in [3.8, 4) is 0 Å². The molecule has 1 aromatic heterocycles. The van der Waals surface area contributed by atoms with E-state index in [0.717, 1.165) is 25.2 Å². The third-order valence-corrected chi connectivity index (χ3v) is 3.31. The monoisotopic (exact) mass is 227 g/mol. The van der Waals surface area contributed by atoms with Crippen LogP contribution in [0, 0.1) is 0 Å². The van der Waals surface area contributed by atoms with Gasteiger partial charge in [0.1, 0.15) is 0 Å². The third-order valence-electron chi connectivity index (χ3n) is 3.31. The number of para-hydroxylation sites is 1. The third kappa shape index (κ3) is 2.11. The van der Waals surface area contributed by atoms with Crippen molar-refractivity contribution in [2.45, 2.75) is 13.0 Å². The van der Waals surface area contributed by atoms with Gasteiger partial charge in [-0.3, -0.25) is 4.98 Å². The van der Waals surface area contributed by atoms with Gasteiger partial charge in [-0.2, -0.15) is 0 Å². The van der Waals surface area contributed by atoms with E-state index in [0.29, 0.717) is 6.04 Å². The molecule has 1 unspecified atom stereocenters. The lowest BCUT2D eigenvalue weighted by atomic mass is 10.1. The number of nitrogens with zero attached hydrogens (tertiary/aromatic N) is 2. The minimum atomic E-state index is 0.551. The molecule has 0 bridgehead atoms. The Morgan fingerprint density at radius 1 is 1.35 bits per heavy atom. The molecule has 0 amide bonds. The Kier molecular flexibility index (Phi) is 2.69. The van der Waals surface area contributed by atoms with Crippen molar-refractivity contribution in [1.29, 1.82) is 0 Å². The van der Waals surface area contributed by atoms with Crippen molar-refractivity contribution < 1.29 is 0 Å². The van der Waals surface area contributed by atoms with E-state index in [9.17, 15) is 0 Å². The molecule has 1 saturated heterocycles. The Balaban J connectivity index is 1.94. The van der Waals surface area contributed by atoms with Crippen LogP contribution in [0.15, 0.2) is 36.5 Å². The SMILES string of the molecule is CC1CN(c2cnc3ccccc3c2)CCN1. The number of pyridine rings is 1. The summed E-state index contributed by atoms with van der Waals surface area (Å²) in [4.78, 5) is 6.92. The standard InChI is InChI=1S/C14H17N3/c1-11-10-17(7-6-15-11)13-8-12-4-2-3-5-14(12)16-9-13/h2-5,8-9,11,15H,6-7,10H2,1H3. The number of hydrogen-bond donors (Lipinski definition) is 1. The molecule has 3 nitrogen and oxygen atoms in total. The molecule has 1 aromatic carbocycles. The molecule has 2 heterocycles. The molecule has 17 heavy (non-hydrogen) atoms. The van der Waals surface area contributed by atoms with Gasteiger partial charge in [-0.15, -0.1) is 0 Å². The first-order chi connectivity index (χ1) is 8.33. The van der Waals surface area contributed by atoms with Crippen LogP contribution in [0.1, 0.15) is 6.92 Å². The fourth-order valence-electron chi connectivity index (χ4n) is 2.40. The molecule has 3 heteroatoms. The van der Waals surface area contributed by atoms with E-state index in [4.69, 9.17) is 0 Å². The summed E-state index contributed by atoms with van der Waals surface area (Å²) in [7, 11) is 0. The average Bonchev–Trinajstić information content (AvgIpc) is 2.38. The normalized spacial score (nSPS) is 20.8. The minimum absolute atomic E-state index is 0.551. The molecular formula is C14H17N3. The van der Waals surface area contributed by atoms with Crippen LogP contribution in [0.3, 0.4) is 0 Å². The maximum absolute atomic E-state index is 4.52. The lowest BCUT2D eigenvalue weighted by Crippen LogP contribution is -2.49. The average molecular weight is 227 g/mol. The Morgan fingerprint density at radius 3 is 3.12 bits per heavy atom. The fraction of sp³-hybridized carbons (Fsp3) is 0.357. The van der Waals surface area contributed by atoms with Crippen LogP contribution < -0.4 is 10.2 Å². The molecule has 0 radical (unpaired) electrons. The zero-order chi connectivity index (χ0) is 11.7. The Labute approximate surface area is 101 Å². The van der Waals surface area contributed by atoms with Gasteiger partial charge in [-0.1, -0.05) is 18.2 Å². The predicted molar refractivity (Wildman–Crippen MR) is 71.4 cm³/mol. The van der Waals surface area contributed by atoms with Crippen LogP contribution in [0.4, 0.5) is 5.69 Å². The largest absolute Gasteiger partial charge is 0.367 e. The summed E-state index contributed by atoms with van der Waals surface area (Å²) in [6, 6.07) is 11.1. The molecule has 0 aliphatic carbocycles. The van der Waals surface area contributed by atoms with Crippen molar-refractivity contribution in [3.05, 3.63) is 36.5 Å². The van der Waals surface area contributed by atoms with E-state index < -0.39 is 0 Å².